The number of ether oxygens (including phenoxy) is 2. The summed E-state index contributed by atoms with van der Waals surface area (Å²) in [6.07, 6.45) is 0.930. The van der Waals surface area contributed by atoms with E-state index in [9.17, 15) is 13.2 Å². The second kappa shape index (κ2) is 11.6. The Labute approximate surface area is 194 Å². The molecule has 176 valence electrons. The van der Waals surface area contributed by atoms with Gasteiger partial charge < -0.3 is 9.47 Å². The standard InChI is InChI=1S/C24H29N3O5S/c1-3-19-5-9-22(10-6-19)32-17-18-33(29,30)25-15-16-27-24(28)14-13-23(26-27)20-7-11-21(12-8-20)31-4-2/h5-14,25H,3-4,15-18H2,1-2H3. The number of hydrogen-bond donors (Lipinski definition) is 1. The SMILES string of the molecule is CCOc1ccc(-c2ccc(=O)n(CCNS(=O)(=O)CCOc3ccc(CC)cc3)n2)cc1. The molecule has 9 heteroatoms. The molecule has 0 saturated carbocycles. The average Bonchev–Trinajstić information content (AvgIpc) is 2.81. The molecule has 0 saturated heterocycles. The predicted molar refractivity (Wildman–Crippen MR) is 128 cm³/mol. The lowest BCUT2D eigenvalue weighted by Gasteiger charge is -2.10. The summed E-state index contributed by atoms with van der Waals surface area (Å²) < 4.78 is 39.2. The normalized spacial score (nSPS) is 11.3. The summed E-state index contributed by atoms with van der Waals surface area (Å²) >= 11 is 0. The molecule has 0 aliphatic carbocycles. The molecule has 0 bridgehead atoms. The van der Waals surface area contributed by atoms with Crippen LogP contribution in [0.25, 0.3) is 11.3 Å². The first-order valence-electron chi connectivity index (χ1n) is 10.9. The molecular formula is C24H29N3O5S. The number of rotatable bonds is 12. The van der Waals surface area contributed by atoms with Crippen LogP contribution in [0.15, 0.2) is 65.5 Å². The van der Waals surface area contributed by atoms with Crippen molar-refractivity contribution in [2.75, 3.05) is 25.5 Å². The maximum absolute atomic E-state index is 12.3. The van der Waals surface area contributed by atoms with Crippen LogP contribution in [0.4, 0.5) is 0 Å². The third kappa shape index (κ3) is 7.44. The summed E-state index contributed by atoms with van der Waals surface area (Å²) in [5.74, 6) is 1.20. The first-order chi connectivity index (χ1) is 15.9. The summed E-state index contributed by atoms with van der Waals surface area (Å²) in [6, 6.07) is 18.0. The number of nitrogens with one attached hydrogen (secondary N) is 1. The summed E-state index contributed by atoms with van der Waals surface area (Å²) in [5.41, 5.74) is 2.33. The van der Waals surface area contributed by atoms with Gasteiger partial charge in [-0.1, -0.05) is 19.1 Å². The van der Waals surface area contributed by atoms with Gasteiger partial charge in [0.1, 0.15) is 18.1 Å². The fraction of sp³-hybridized carbons (Fsp3) is 0.333. The van der Waals surface area contributed by atoms with E-state index in [1.165, 1.54) is 16.3 Å². The van der Waals surface area contributed by atoms with Crippen molar-refractivity contribution in [2.45, 2.75) is 26.8 Å². The van der Waals surface area contributed by atoms with Crippen LogP contribution in [0.2, 0.25) is 0 Å². The van der Waals surface area contributed by atoms with E-state index >= 15 is 0 Å². The van der Waals surface area contributed by atoms with Crippen molar-refractivity contribution in [3.05, 3.63) is 76.6 Å². The number of aryl methyl sites for hydroxylation is 1. The maximum Gasteiger partial charge on any atom is 0.266 e. The lowest BCUT2D eigenvalue weighted by atomic mass is 10.1. The van der Waals surface area contributed by atoms with Gasteiger partial charge in [-0.15, -0.1) is 0 Å². The fourth-order valence-corrected chi connectivity index (χ4v) is 3.97. The van der Waals surface area contributed by atoms with Crippen molar-refractivity contribution in [3.63, 3.8) is 0 Å². The molecule has 0 aliphatic heterocycles. The summed E-state index contributed by atoms with van der Waals surface area (Å²) in [4.78, 5) is 12.2. The van der Waals surface area contributed by atoms with E-state index in [0.29, 0.717) is 18.1 Å². The van der Waals surface area contributed by atoms with Gasteiger partial charge in [-0.3, -0.25) is 4.79 Å². The van der Waals surface area contributed by atoms with Crippen molar-refractivity contribution >= 4 is 10.0 Å². The molecule has 3 rings (SSSR count). The number of benzene rings is 2. The molecule has 0 amide bonds. The first kappa shape index (κ1) is 24.5. The fourth-order valence-electron chi connectivity index (χ4n) is 3.12. The van der Waals surface area contributed by atoms with Crippen LogP contribution >= 0.6 is 0 Å². The quantitative estimate of drug-likeness (QED) is 0.436. The predicted octanol–water partition coefficient (Wildman–Crippen LogP) is 2.87. The van der Waals surface area contributed by atoms with E-state index < -0.39 is 10.0 Å². The van der Waals surface area contributed by atoms with E-state index in [2.05, 4.69) is 16.7 Å². The highest BCUT2D eigenvalue weighted by Gasteiger charge is 2.11. The van der Waals surface area contributed by atoms with Crippen LogP contribution in [0.1, 0.15) is 19.4 Å². The summed E-state index contributed by atoms with van der Waals surface area (Å²) in [7, 11) is -3.55. The topological polar surface area (TPSA) is 99.5 Å². The highest BCUT2D eigenvalue weighted by Crippen LogP contribution is 2.19. The van der Waals surface area contributed by atoms with Crippen molar-refractivity contribution in [3.8, 4) is 22.8 Å². The summed E-state index contributed by atoms with van der Waals surface area (Å²) in [5, 5.41) is 4.36. The number of hydrogen-bond acceptors (Lipinski definition) is 6. The van der Waals surface area contributed by atoms with Crippen LogP contribution in [-0.4, -0.2) is 43.7 Å². The Morgan fingerprint density at radius 2 is 1.58 bits per heavy atom. The van der Waals surface area contributed by atoms with Gasteiger partial charge in [0, 0.05) is 18.2 Å². The van der Waals surface area contributed by atoms with E-state index in [1.54, 1.807) is 6.07 Å². The number of nitrogens with zero attached hydrogens (tertiary/aromatic N) is 2. The molecule has 0 spiro atoms. The molecule has 0 radical (unpaired) electrons. The third-order valence-corrected chi connectivity index (χ3v) is 6.27. The Bertz CT molecular complexity index is 1190. The molecule has 3 aromatic rings. The maximum atomic E-state index is 12.3. The van der Waals surface area contributed by atoms with Gasteiger partial charge in [-0.2, -0.15) is 5.10 Å². The van der Waals surface area contributed by atoms with Crippen LogP contribution in [0.3, 0.4) is 0 Å². The van der Waals surface area contributed by atoms with Gasteiger partial charge in [0.25, 0.3) is 5.56 Å². The average molecular weight is 472 g/mol. The van der Waals surface area contributed by atoms with Crippen molar-refractivity contribution in [1.82, 2.24) is 14.5 Å². The molecule has 1 aromatic heterocycles. The van der Waals surface area contributed by atoms with Crippen LogP contribution in [-0.2, 0) is 23.0 Å². The second-order valence-corrected chi connectivity index (χ2v) is 9.22. The van der Waals surface area contributed by atoms with E-state index in [-0.39, 0.29) is 31.0 Å². The zero-order chi connectivity index (χ0) is 23.7. The Kier molecular flexibility index (Phi) is 8.62. The van der Waals surface area contributed by atoms with Gasteiger partial charge >= 0.3 is 0 Å². The molecule has 2 aromatic carbocycles. The van der Waals surface area contributed by atoms with Gasteiger partial charge in [0.15, 0.2) is 0 Å². The largest absolute Gasteiger partial charge is 0.494 e. The minimum Gasteiger partial charge on any atom is -0.494 e. The Hall–Kier alpha value is -3.17. The van der Waals surface area contributed by atoms with Gasteiger partial charge in [-0.25, -0.2) is 17.8 Å². The van der Waals surface area contributed by atoms with Crippen molar-refractivity contribution < 1.29 is 17.9 Å². The minimum absolute atomic E-state index is 0.0340. The Morgan fingerprint density at radius 1 is 0.909 bits per heavy atom. The zero-order valence-corrected chi connectivity index (χ0v) is 19.7. The Balaban J connectivity index is 1.52. The lowest BCUT2D eigenvalue weighted by Crippen LogP contribution is -2.34. The molecule has 1 heterocycles. The number of sulfonamides is 1. The second-order valence-electron chi connectivity index (χ2n) is 7.30. The zero-order valence-electron chi connectivity index (χ0n) is 18.9. The monoisotopic (exact) mass is 471 g/mol. The molecule has 0 fully saturated rings. The highest BCUT2D eigenvalue weighted by atomic mass is 32.2. The van der Waals surface area contributed by atoms with Crippen molar-refractivity contribution in [1.29, 1.82) is 0 Å². The molecular weight excluding hydrogens is 442 g/mol. The van der Waals surface area contributed by atoms with Gasteiger partial charge in [-0.05, 0) is 61.4 Å². The molecule has 1 N–H and O–H groups in total. The smallest absolute Gasteiger partial charge is 0.266 e. The van der Waals surface area contributed by atoms with E-state index in [0.717, 1.165) is 17.7 Å². The van der Waals surface area contributed by atoms with Crippen molar-refractivity contribution in [2.24, 2.45) is 0 Å². The van der Waals surface area contributed by atoms with Crippen LogP contribution < -0.4 is 19.8 Å². The molecule has 0 unspecified atom stereocenters. The van der Waals surface area contributed by atoms with Crippen LogP contribution in [0.5, 0.6) is 11.5 Å². The highest BCUT2D eigenvalue weighted by molar-refractivity contribution is 7.89. The van der Waals surface area contributed by atoms with E-state index in [4.69, 9.17) is 9.47 Å². The minimum atomic E-state index is -3.55. The molecule has 0 atom stereocenters. The number of aromatic nitrogens is 2. The molecule has 8 nitrogen and oxygen atoms in total. The lowest BCUT2D eigenvalue weighted by molar-refractivity contribution is 0.340. The molecule has 0 aliphatic rings. The van der Waals surface area contributed by atoms with Gasteiger partial charge in [0.05, 0.1) is 24.6 Å². The van der Waals surface area contributed by atoms with E-state index in [1.807, 2.05) is 55.5 Å². The summed E-state index contributed by atoms with van der Waals surface area (Å²) in [6.45, 7) is 4.75. The molecule has 33 heavy (non-hydrogen) atoms. The Morgan fingerprint density at radius 3 is 2.24 bits per heavy atom. The first-order valence-corrected chi connectivity index (χ1v) is 12.6. The third-order valence-electron chi connectivity index (χ3n) is 4.93. The van der Waals surface area contributed by atoms with Crippen LogP contribution in [0, 0.1) is 0 Å². The van der Waals surface area contributed by atoms with Gasteiger partial charge in [0.2, 0.25) is 10.0 Å².